The van der Waals surface area contributed by atoms with E-state index in [0.717, 1.165) is 0 Å². The highest BCUT2D eigenvalue weighted by atomic mass is 35.5. The van der Waals surface area contributed by atoms with Gasteiger partial charge in [0.25, 0.3) is 0 Å². The van der Waals surface area contributed by atoms with Gasteiger partial charge in [-0.25, -0.2) is 0 Å². The lowest BCUT2D eigenvalue weighted by molar-refractivity contribution is -0.143. The summed E-state index contributed by atoms with van der Waals surface area (Å²) >= 11 is 5.88. The predicted octanol–water partition coefficient (Wildman–Crippen LogP) is 2.50. The minimum Gasteiger partial charge on any atom is -0.508 e. The minimum atomic E-state index is -0.678. The van der Waals surface area contributed by atoms with E-state index < -0.39 is 6.04 Å². The summed E-state index contributed by atoms with van der Waals surface area (Å²) in [5, 5.41) is 19.5. The number of hydrogen-bond acceptors (Lipinski definition) is 5. The summed E-state index contributed by atoms with van der Waals surface area (Å²) in [5.41, 5.74) is 0.423. The maximum Gasteiger partial charge on any atom is 0.307 e. The molecule has 0 amide bonds. The summed E-state index contributed by atoms with van der Waals surface area (Å²) in [7, 11) is 1.70. The zero-order chi connectivity index (χ0) is 15.1. The van der Waals surface area contributed by atoms with E-state index in [1.54, 1.807) is 31.0 Å². The van der Waals surface area contributed by atoms with Gasteiger partial charge in [0.2, 0.25) is 0 Å². The smallest absolute Gasteiger partial charge is 0.307 e. The van der Waals surface area contributed by atoms with Gasteiger partial charge < -0.3 is 9.84 Å². The van der Waals surface area contributed by atoms with Crippen LogP contribution in [0.1, 0.15) is 24.9 Å². The molecule has 1 unspecified atom stereocenters. The molecule has 0 radical (unpaired) electrons. The van der Waals surface area contributed by atoms with Crippen molar-refractivity contribution in [2.45, 2.75) is 19.4 Å². The Kier molecular flexibility index (Phi) is 6.29. The van der Waals surface area contributed by atoms with E-state index >= 15 is 0 Å². The summed E-state index contributed by atoms with van der Waals surface area (Å²) in [6.07, 6.45) is 0.184. The van der Waals surface area contributed by atoms with Crippen LogP contribution in [-0.4, -0.2) is 36.2 Å². The molecule has 0 heterocycles. The largest absolute Gasteiger partial charge is 0.508 e. The van der Waals surface area contributed by atoms with Gasteiger partial charge in [-0.1, -0.05) is 11.6 Å². The molecule has 1 aromatic carbocycles. The molecule has 1 atom stereocenters. The first-order valence-corrected chi connectivity index (χ1v) is 6.61. The molecule has 0 aliphatic heterocycles. The topological polar surface area (TPSA) is 73.6 Å². The lowest BCUT2D eigenvalue weighted by atomic mass is 10.1. The van der Waals surface area contributed by atoms with Gasteiger partial charge in [0.05, 0.1) is 19.1 Å². The molecule has 20 heavy (non-hydrogen) atoms. The third kappa shape index (κ3) is 4.41. The van der Waals surface area contributed by atoms with Crippen molar-refractivity contribution in [2.24, 2.45) is 0 Å². The molecular weight excluding hydrogens is 280 g/mol. The number of aromatic hydroxyl groups is 1. The van der Waals surface area contributed by atoms with E-state index in [0.29, 0.717) is 23.7 Å². The average Bonchev–Trinajstić information content (AvgIpc) is 2.41. The number of rotatable bonds is 6. The SMILES string of the molecule is CCOC(=O)CCN(C)C(C#N)c1cc(Cl)ccc1O. The Bertz CT molecular complexity index is 514. The lowest BCUT2D eigenvalue weighted by Crippen LogP contribution is -2.26. The number of phenols is 1. The number of carbonyl (C=O) groups is 1. The monoisotopic (exact) mass is 296 g/mol. The molecule has 0 aromatic heterocycles. The standard InChI is InChI=1S/C14H17ClN2O3/c1-3-20-14(19)6-7-17(2)12(9-16)11-8-10(15)4-5-13(11)18/h4-5,8,12,18H,3,6-7H2,1-2H3. The second-order valence-electron chi connectivity index (χ2n) is 4.27. The quantitative estimate of drug-likeness (QED) is 0.816. The third-order valence-electron chi connectivity index (χ3n) is 2.82. The highest BCUT2D eigenvalue weighted by molar-refractivity contribution is 6.30. The van der Waals surface area contributed by atoms with Crippen LogP contribution in [0.4, 0.5) is 0 Å². The fourth-order valence-corrected chi connectivity index (χ4v) is 1.96. The highest BCUT2D eigenvalue weighted by Gasteiger charge is 2.20. The first-order valence-electron chi connectivity index (χ1n) is 6.23. The molecule has 0 aliphatic carbocycles. The van der Waals surface area contributed by atoms with Gasteiger partial charge in [0.15, 0.2) is 0 Å². The molecule has 0 spiro atoms. The molecule has 0 fully saturated rings. The Hall–Kier alpha value is -1.77. The van der Waals surface area contributed by atoms with Gasteiger partial charge in [-0.3, -0.25) is 9.69 Å². The molecule has 0 saturated carbocycles. The van der Waals surface area contributed by atoms with Crippen LogP contribution in [-0.2, 0) is 9.53 Å². The number of benzene rings is 1. The summed E-state index contributed by atoms with van der Waals surface area (Å²) < 4.78 is 4.84. The van der Waals surface area contributed by atoms with Crippen LogP contribution in [0.3, 0.4) is 0 Å². The van der Waals surface area contributed by atoms with E-state index in [-0.39, 0.29) is 18.1 Å². The fourth-order valence-electron chi connectivity index (χ4n) is 1.78. The maximum absolute atomic E-state index is 11.3. The van der Waals surface area contributed by atoms with Gasteiger partial charge >= 0.3 is 5.97 Å². The van der Waals surface area contributed by atoms with Crippen LogP contribution in [0, 0.1) is 11.3 Å². The molecule has 6 heteroatoms. The molecule has 1 rings (SSSR count). The molecule has 1 aromatic rings. The van der Waals surface area contributed by atoms with Gasteiger partial charge in [0, 0.05) is 17.1 Å². The number of carbonyl (C=O) groups excluding carboxylic acids is 1. The third-order valence-corrected chi connectivity index (χ3v) is 3.06. The first kappa shape index (κ1) is 16.3. The molecule has 5 nitrogen and oxygen atoms in total. The number of esters is 1. The van der Waals surface area contributed by atoms with Crippen LogP contribution >= 0.6 is 11.6 Å². The average molecular weight is 297 g/mol. The van der Waals surface area contributed by atoms with Crippen molar-refractivity contribution in [1.29, 1.82) is 5.26 Å². The maximum atomic E-state index is 11.3. The Balaban J connectivity index is 2.78. The Morgan fingerprint density at radius 3 is 2.90 bits per heavy atom. The van der Waals surface area contributed by atoms with Crippen molar-refractivity contribution < 1.29 is 14.6 Å². The highest BCUT2D eigenvalue weighted by Crippen LogP contribution is 2.30. The minimum absolute atomic E-state index is 0.00364. The van der Waals surface area contributed by atoms with Crippen LogP contribution in [0.25, 0.3) is 0 Å². The van der Waals surface area contributed by atoms with Crippen molar-refractivity contribution in [3.8, 4) is 11.8 Å². The summed E-state index contributed by atoms with van der Waals surface area (Å²) in [5.74, 6) is -0.310. The Morgan fingerprint density at radius 2 is 2.30 bits per heavy atom. The molecule has 1 N–H and O–H groups in total. The number of halogens is 1. The molecule has 0 bridgehead atoms. The second kappa shape index (κ2) is 7.73. The molecule has 108 valence electrons. The number of nitriles is 1. The number of hydrogen-bond donors (Lipinski definition) is 1. The van der Waals surface area contributed by atoms with Crippen molar-refractivity contribution in [1.82, 2.24) is 4.90 Å². The summed E-state index contributed by atoms with van der Waals surface area (Å²) in [6.45, 7) is 2.42. The van der Waals surface area contributed by atoms with E-state index in [9.17, 15) is 15.2 Å². The van der Waals surface area contributed by atoms with E-state index in [2.05, 4.69) is 6.07 Å². The number of nitrogens with zero attached hydrogens (tertiary/aromatic N) is 2. The van der Waals surface area contributed by atoms with Crippen LogP contribution in [0.5, 0.6) is 5.75 Å². The zero-order valence-corrected chi connectivity index (χ0v) is 12.2. The normalized spacial score (nSPS) is 11.9. The molecule has 0 aliphatic rings. The van der Waals surface area contributed by atoms with Crippen molar-refractivity contribution >= 4 is 17.6 Å². The van der Waals surface area contributed by atoms with Gasteiger partial charge in [-0.15, -0.1) is 0 Å². The van der Waals surface area contributed by atoms with Crippen molar-refractivity contribution in [2.75, 3.05) is 20.2 Å². The summed E-state index contributed by atoms with van der Waals surface area (Å²) in [6, 6.07) is 5.96. The van der Waals surface area contributed by atoms with Crippen LogP contribution in [0.15, 0.2) is 18.2 Å². The van der Waals surface area contributed by atoms with Crippen LogP contribution in [0.2, 0.25) is 5.02 Å². The molecule has 0 saturated heterocycles. The molecular formula is C14H17ClN2O3. The van der Waals surface area contributed by atoms with Gasteiger partial charge in [-0.05, 0) is 32.2 Å². The van der Waals surface area contributed by atoms with Gasteiger partial charge in [-0.2, -0.15) is 5.26 Å². The zero-order valence-electron chi connectivity index (χ0n) is 11.5. The predicted molar refractivity (Wildman–Crippen MR) is 75.4 cm³/mol. The second-order valence-corrected chi connectivity index (χ2v) is 4.71. The first-order chi connectivity index (χ1) is 9.49. The van der Waals surface area contributed by atoms with Gasteiger partial charge in [0.1, 0.15) is 11.8 Å². The van der Waals surface area contributed by atoms with E-state index in [4.69, 9.17) is 16.3 Å². The Labute approximate surface area is 123 Å². The number of ether oxygens (including phenoxy) is 1. The lowest BCUT2D eigenvalue weighted by Gasteiger charge is -2.23. The van der Waals surface area contributed by atoms with Crippen LogP contribution < -0.4 is 0 Å². The summed E-state index contributed by atoms with van der Waals surface area (Å²) in [4.78, 5) is 13.0. The fraction of sp³-hybridized carbons (Fsp3) is 0.429. The van der Waals surface area contributed by atoms with Crippen molar-refractivity contribution in [3.63, 3.8) is 0 Å². The van der Waals surface area contributed by atoms with E-state index in [1.165, 1.54) is 6.07 Å². The van der Waals surface area contributed by atoms with E-state index in [1.807, 2.05) is 0 Å². The van der Waals surface area contributed by atoms with Crippen molar-refractivity contribution in [3.05, 3.63) is 28.8 Å². The Morgan fingerprint density at radius 1 is 1.60 bits per heavy atom. The number of phenolic OH excluding ortho intramolecular Hbond substituents is 1.